The van der Waals surface area contributed by atoms with Crippen molar-refractivity contribution in [3.8, 4) is 0 Å². The van der Waals surface area contributed by atoms with Crippen LogP contribution in [0.2, 0.25) is 0 Å². The van der Waals surface area contributed by atoms with Crippen LogP contribution in [0.4, 0.5) is 14.5 Å². The number of nitrogens with two attached hydrogens (primary N) is 1. The van der Waals surface area contributed by atoms with Crippen molar-refractivity contribution in [2.45, 2.75) is 26.8 Å². The molecule has 1 unspecified atom stereocenters. The first-order valence-electron chi connectivity index (χ1n) is 6.65. The second kappa shape index (κ2) is 7.01. The second-order valence-corrected chi connectivity index (χ2v) is 4.56. The molecule has 21 heavy (non-hydrogen) atoms. The molecule has 0 aliphatic carbocycles. The topological polar surface area (TPSA) is 75.4 Å². The summed E-state index contributed by atoms with van der Waals surface area (Å²) in [7, 11) is 0. The minimum atomic E-state index is -1.03. The molecule has 1 aromatic rings. The zero-order chi connectivity index (χ0) is 16.2. The van der Waals surface area contributed by atoms with Crippen LogP contribution in [0.25, 0.3) is 0 Å². The summed E-state index contributed by atoms with van der Waals surface area (Å²) in [5.74, 6) is -3.05. The van der Waals surface area contributed by atoms with E-state index in [0.29, 0.717) is 19.2 Å². The molecule has 0 saturated heterocycles. The Morgan fingerprint density at radius 2 is 1.81 bits per heavy atom. The summed E-state index contributed by atoms with van der Waals surface area (Å²) in [4.78, 5) is 25.5. The molecule has 0 spiro atoms. The van der Waals surface area contributed by atoms with Crippen LogP contribution in [0.1, 0.15) is 31.1 Å². The largest absolute Gasteiger partial charge is 0.396 e. The van der Waals surface area contributed by atoms with Gasteiger partial charge in [0.1, 0.15) is 17.7 Å². The average Bonchev–Trinajstić information content (AvgIpc) is 2.43. The molecule has 1 atom stereocenters. The van der Waals surface area contributed by atoms with Crippen LogP contribution in [0.15, 0.2) is 12.1 Å². The summed E-state index contributed by atoms with van der Waals surface area (Å²) in [5, 5.41) is 2.38. The van der Waals surface area contributed by atoms with E-state index in [4.69, 9.17) is 5.73 Å². The van der Waals surface area contributed by atoms with Gasteiger partial charge in [0.2, 0.25) is 5.91 Å². The lowest BCUT2D eigenvalue weighted by atomic mass is 10.1. The molecular formula is C14H19F2N3O2. The van der Waals surface area contributed by atoms with Crippen molar-refractivity contribution in [3.63, 3.8) is 0 Å². The fourth-order valence-electron chi connectivity index (χ4n) is 1.89. The first kappa shape index (κ1) is 16.9. The number of rotatable bonds is 5. The summed E-state index contributed by atoms with van der Waals surface area (Å²) in [6.07, 6.45) is 0. The minimum absolute atomic E-state index is 0.274. The fourth-order valence-corrected chi connectivity index (χ4v) is 1.89. The summed E-state index contributed by atoms with van der Waals surface area (Å²) >= 11 is 0. The maximum atomic E-state index is 13.6. The number of hydrogen-bond acceptors (Lipinski definition) is 3. The molecule has 0 aliphatic heterocycles. The van der Waals surface area contributed by atoms with Gasteiger partial charge in [-0.3, -0.25) is 9.59 Å². The third-order valence-corrected chi connectivity index (χ3v) is 3.12. The minimum Gasteiger partial charge on any atom is -0.396 e. The Hall–Kier alpha value is -2.18. The average molecular weight is 299 g/mol. The van der Waals surface area contributed by atoms with E-state index in [9.17, 15) is 18.4 Å². The zero-order valence-electron chi connectivity index (χ0n) is 12.2. The van der Waals surface area contributed by atoms with Gasteiger partial charge < -0.3 is 16.0 Å². The second-order valence-electron chi connectivity index (χ2n) is 4.56. The number of amides is 2. The van der Waals surface area contributed by atoms with E-state index in [1.807, 2.05) is 13.8 Å². The van der Waals surface area contributed by atoms with Crippen molar-refractivity contribution in [1.82, 2.24) is 10.2 Å². The van der Waals surface area contributed by atoms with Gasteiger partial charge in [0, 0.05) is 19.2 Å². The van der Waals surface area contributed by atoms with E-state index in [-0.39, 0.29) is 11.6 Å². The van der Waals surface area contributed by atoms with E-state index in [2.05, 4.69) is 5.32 Å². The van der Waals surface area contributed by atoms with Crippen LogP contribution in [0, 0.1) is 11.6 Å². The molecule has 0 heterocycles. The maximum Gasteiger partial charge on any atom is 0.254 e. The zero-order valence-corrected chi connectivity index (χ0v) is 12.2. The van der Waals surface area contributed by atoms with E-state index in [1.54, 1.807) is 4.90 Å². The molecular weight excluding hydrogens is 280 g/mol. The number of halogens is 2. The molecule has 0 aliphatic rings. The van der Waals surface area contributed by atoms with Gasteiger partial charge in [-0.25, -0.2) is 8.78 Å². The molecule has 0 aromatic heterocycles. The standard InChI is InChI=1S/C14H19F2N3O2/c1-4-19(5-2)14(21)8(3)18-13(20)9-6-12(17)11(16)7-10(9)15/h6-8H,4-5,17H2,1-3H3,(H,18,20). The van der Waals surface area contributed by atoms with Crippen molar-refractivity contribution in [1.29, 1.82) is 0 Å². The maximum absolute atomic E-state index is 13.6. The molecule has 2 amide bonds. The van der Waals surface area contributed by atoms with E-state index >= 15 is 0 Å². The van der Waals surface area contributed by atoms with Crippen molar-refractivity contribution < 1.29 is 18.4 Å². The third kappa shape index (κ3) is 3.90. The SMILES string of the molecule is CCN(CC)C(=O)C(C)NC(=O)c1cc(N)c(F)cc1F. The van der Waals surface area contributed by atoms with Crippen LogP contribution in [-0.4, -0.2) is 35.8 Å². The highest BCUT2D eigenvalue weighted by Crippen LogP contribution is 2.16. The Balaban J connectivity index is 2.86. The van der Waals surface area contributed by atoms with Gasteiger partial charge in [-0.15, -0.1) is 0 Å². The van der Waals surface area contributed by atoms with Crippen LogP contribution < -0.4 is 11.1 Å². The third-order valence-electron chi connectivity index (χ3n) is 3.12. The number of carbonyl (C=O) groups is 2. The van der Waals surface area contributed by atoms with Gasteiger partial charge in [0.25, 0.3) is 5.91 Å². The summed E-state index contributed by atoms with van der Waals surface area (Å²) in [5.41, 5.74) is 4.59. The summed E-state index contributed by atoms with van der Waals surface area (Å²) in [6.45, 7) is 6.15. The Kier molecular flexibility index (Phi) is 5.63. The van der Waals surface area contributed by atoms with Gasteiger partial charge >= 0.3 is 0 Å². The summed E-state index contributed by atoms with van der Waals surface area (Å²) < 4.78 is 26.6. The van der Waals surface area contributed by atoms with Crippen LogP contribution in [0.3, 0.4) is 0 Å². The number of hydrogen-bond donors (Lipinski definition) is 2. The Labute approximate surface area is 122 Å². The van der Waals surface area contributed by atoms with E-state index < -0.39 is 29.1 Å². The fraction of sp³-hybridized carbons (Fsp3) is 0.429. The highest BCUT2D eigenvalue weighted by Gasteiger charge is 2.22. The first-order chi connectivity index (χ1) is 9.81. The number of nitrogen functional groups attached to an aromatic ring is 1. The predicted octanol–water partition coefficient (Wildman–Crippen LogP) is 1.53. The molecule has 5 nitrogen and oxygen atoms in total. The van der Waals surface area contributed by atoms with Crippen molar-refractivity contribution in [3.05, 3.63) is 29.3 Å². The van der Waals surface area contributed by atoms with Gasteiger partial charge in [-0.05, 0) is 26.8 Å². The first-order valence-corrected chi connectivity index (χ1v) is 6.65. The Bertz CT molecular complexity index is 545. The number of nitrogens with one attached hydrogen (secondary N) is 1. The number of carbonyl (C=O) groups excluding carboxylic acids is 2. The molecule has 0 bridgehead atoms. The van der Waals surface area contributed by atoms with Crippen LogP contribution in [0.5, 0.6) is 0 Å². The van der Waals surface area contributed by atoms with Crippen molar-refractivity contribution >= 4 is 17.5 Å². The number of likely N-dealkylation sites (N-methyl/N-ethyl adjacent to an activating group) is 1. The number of anilines is 1. The highest BCUT2D eigenvalue weighted by molar-refractivity contribution is 5.98. The predicted molar refractivity (Wildman–Crippen MR) is 75.6 cm³/mol. The van der Waals surface area contributed by atoms with Crippen molar-refractivity contribution in [2.75, 3.05) is 18.8 Å². The number of nitrogens with zero attached hydrogens (tertiary/aromatic N) is 1. The lowest BCUT2D eigenvalue weighted by molar-refractivity contribution is -0.132. The Morgan fingerprint density at radius 1 is 1.24 bits per heavy atom. The molecule has 3 N–H and O–H groups in total. The van der Waals surface area contributed by atoms with E-state index in [0.717, 1.165) is 6.07 Å². The van der Waals surface area contributed by atoms with Crippen LogP contribution >= 0.6 is 0 Å². The smallest absolute Gasteiger partial charge is 0.254 e. The Morgan fingerprint density at radius 3 is 2.33 bits per heavy atom. The van der Waals surface area contributed by atoms with Gasteiger partial charge in [0.05, 0.1) is 11.3 Å². The molecule has 0 radical (unpaired) electrons. The quantitative estimate of drug-likeness (QED) is 0.810. The lowest BCUT2D eigenvalue weighted by Gasteiger charge is -2.23. The monoisotopic (exact) mass is 299 g/mol. The lowest BCUT2D eigenvalue weighted by Crippen LogP contribution is -2.47. The molecule has 0 fully saturated rings. The summed E-state index contributed by atoms with van der Waals surface area (Å²) in [6, 6.07) is 0.638. The van der Waals surface area contributed by atoms with Crippen LogP contribution in [-0.2, 0) is 4.79 Å². The molecule has 7 heteroatoms. The molecule has 116 valence electrons. The van der Waals surface area contributed by atoms with Gasteiger partial charge in [-0.2, -0.15) is 0 Å². The molecule has 1 rings (SSSR count). The number of benzene rings is 1. The molecule has 0 saturated carbocycles. The van der Waals surface area contributed by atoms with Gasteiger partial charge in [0.15, 0.2) is 0 Å². The van der Waals surface area contributed by atoms with Gasteiger partial charge in [-0.1, -0.05) is 0 Å². The molecule has 1 aromatic carbocycles. The van der Waals surface area contributed by atoms with E-state index in [1.165, 1.54) is 6.92 Å². The highest BCUT2D eigenvalue weighted by atomic mass is 19.1. The van der Waals surface area contributed by atoms with Crippen molar-refractivity contribution in [2.24, 2.45) is 0 Å². The normalized spacial score (nSPS) is 11.9.